The summed E-state index contributed by atoms with van der Waals surface area (Å²) in [4.78, 5) is 0. The molecule has 0 heterocycles. The minimum atomic E-state index is 0. The van der Waals surface area contributed by atoms with Crippen molar-refractivity contribution in [3.8, 4) is 0 Å². The van der Waals surface area contributed by atoms with Gasteiger partial charge in [-0.3, -0.25) is 0 Å². The van der Waals surface area contributed by atoms with E-state index in [9.17, 15) is 0 Å². The fourth-order valence-electron chi connectivity index (χ4n) is 0. The molecule has 0 aromatic rings. The summed E-state index contributed by atoms with van der Waals surface area (Å²) in [6.45, 7) is 0. The molecule has 0 N–H and O–H groups in total. The molecule has 9 radical (unpaired) electrons. The van der Waals surface area contributed by atoms with Gasteiger partial charge in [0.25, 0.3) is 0 Å². The van der Waals surface area contributed by atoms with E-state index < -0.39 is 0 Å². The molecule has 0 saturated carbocycles. The summed E-state index contributed by atoms with van der Waals surface area (Å²) in [5, 5.41) is 0. The predicted molar refractivity (Wildman–Crippen MR) is 34.6 cm³/mol. The normalized spacial score (nSPS) is 0.800. The molecule has 25 valence electrons. The van der Waals surface area contributed by atoms with Crippen LogP contribution in [0.15, 0.2) is 0 Å². The van der Waals surface area contributed by atoms with E-state index in [2.05, 4.69) is 19.8 Å². The Bertz CT molecular complexity index is 7.61. The molecule has 0 aliphatic rings. The van der Waals surface area contributed by atoms with Gasteiger partial charge >= 0.3 is 0 Å². The molecule has 0 aromatic heterocycles. The van der Waals surface area contributed by atoms with Gasteiger partial charge in [-0.25, -0.2) is 0 Å². The van der Waals surface area contributed by atoms with Gasteiger partial charge in [-0.15, -0.1) is 0 Å². The number of rotatable bonds is 0. The van der Waals surface area contributed by atoms with E-state index >= 15 is 0 Å². The summed E-state index contributed by atoms with van der Waals surface area (Å²) in [5.74, 6) is 0. The SMILES string of the molecule is [In].[P].[P]=S.[S]. The average Bonchev–Trinajstić information content (AvgIpc) is 1.00. The molecule has 0 unspecified atom stereocenters. The molecule has 0 spiro atoms. The maximum Gasteiger partial charge on any atom is 0.0464 e. The molecule has 0 aromatic carbocycles. The van der Waals surface area contributed by atoms with Crippen molar-refractivity contribution in [3.63, 3.8) is 0 Å². The van der Waals surface area contributed by atoms with Crippen LogP contribution in [0.25, 0.3) is 0 Å². The first-order valence-corrected chi connectivity index (χ1v) is 1.64. The van der Waals surface area contributed by atoms with Gasteiger partial charge in [0.2, 0.25) is 0 Å². The summed E-state index contributed by atoms with van der Waals surface area (Å²) in [6.07, 6.45) is 0. The Labute approximate surface area is 68.6 Å². The van der Waals surface area contributed by atoms with Crippen molar-refractivity contribution >= 4 is 69.1 Å². The van der Waals surface area contributed by atoms with Crippen molar-refractivity contribution in [2.24, 2.45) is 0 Å². The average molecular weight is 241 g/mol. The Balaban J connectivity index is -0.00000000167. The third kappa shape index (κ3) is 22.8. The molecule has 0 saturated heterocycles. The quantitative estimate of drug-likeness (QED) is 0.584. The van der Waals surface area contributed by atoms with E-state index in [0.717, 1.165) is 0 Å². The third-order valence-corrected chi connectivity index (χ3v) is 0. The van der Waals surface area contributed by atoms with Crippen LogP contribution in [-0.4, -0.2) is 25.8 Å². The molecule has 0 amide bonds. The Morgan fingerprint density at radius 2 is 1.20 bits per heavy atom. The van der Waals surface area contributed by atoms with E-state index in [0.29, 0.717) is 0 Å². The predicted octanol–water partition coefficient (Wildman–Crippen LogP) is 1.99. The van der Waals surface area contributed by atoms with E-state index in [4.69, 9.17) is 0 Å². The molecule has 0 fully saturated rings. The zero-order valence-corrected chi connectivity index (χ0v) is 9.01. The third-order valence-electron chi connectivity index (χ3n) is 0. The number of hydrogen-bond acceptors (Lipinski definition) is 1. The standard InChI is InChI=1S/In.PS.P.S/c;1-2;;. The van der Waals surface area contributed by atoms with Crippen molar-refractivity contribution < 1.29 is 0 Å². The summed E-state index contributed by atoms with van der Waals surface area (Å²) < 4.78 is 0. The van der Waals surface area contributed by atoms with Gasteiger partial charge < -0.3 is 0 Å². The van der Waals surface area contributed by atoms with Crippen LogP contribution in [0.2, 0.25) is 0 Å². The first-order chi connectivity index (χ1) is 1.00. The zero-order valence-electron chi connectivity index (χ0n) is 2.29. The smallest absolute Gasteiger partial charge is 0.0464 e. The van der Waals surface area contributed by atoms with Crippen LogP contribution in [0.4, 0.5) is 0 Å². The van der Waals surface area contributed by atoms with Gasteiger partial charge in [-0.2, -0.15) is 0 Å². The second kappa shape index (κ2) is 35.0. The minimum Gasteiger partial charge on any atom is -0.0464 e. The van der Waals surface area contributed by atoms with Crippen molar-refractivity contribution in [3.05, 3.63) is 0 Å². The summed E-state index contributed by atoms with van der Waals surface area (Å²) in [5.41, 5.74) is 0. The van der Waals surface area contributed by atoms with Gasteiger partial charge in [0.05, 0.1) is 0 Å². The Kier molecular flexibility index (Phi) is 190. The Morgan fingerprint density at radius 1 is 1.20 bits per heavy atom. The van der Waals surface area contributed by atoms with E-state index in [-0.39, 0.29) is 49.2 Å². The van der Waals surface area contributed by atoms with Gasteiger partial charge in [-0.05, 0) is 11.8 Å². The molecule has 0 bridgehead atoms. The fourth-order valence-corrected chi connectivity index (χ4v) is 0. The Morgan fingerprint density at radius 3 is 1.20 bits per heavy atom. The van der Waals surface area contributed by atoms with Crippen LogP contribution >= 0.6 is 31.4 Å². The first kappa shape index (κ1) is 27.2. The van der Waals surface area contributed by atoms with Gasteiger partial charge in [0.1, 0.15) is 0 Å². The van der Waals surface area contributed by atoms with Gasteiger partial charge in [0.15, 0.2) is 0 Å². The minimum absolute atomic E-state index is 0. The van der Waals surface area contributed by atoms with Crippen LogP contribution in [0.3, 0.4) is 0 Å². The van der Waals surface area contributed by atoms with Gasteiger partial charge in [0, 0.05) is 57.3 Å². The Hall–Kier alpha value is 2.17. The number of hydrogen-bond donors (Lipinski definition) is 0. The van der Waals surface area contributed by atoms with Crippen LogP contribution in [0.1, 0.15) is 0 Å². The topological polar surface area (TPSA) is 0 Å². The van der Waals surface area contributed by atoms with Crippen molar-refractivity contribution in [1.29, 1.82) is 0 Å². The molecular weight excluding hydrogens is 241 g/mol. The first-order valence-electron chi connectivity index (χ1n) is 0.183. The monoisotopic (exact) mass is 241 g/mol. The molecule has 5 heteroatoms. The van der Waals surface area contributed by atoms with Gasteiger partial charge in [-0.1, -0.05) is 0 Å². The van der Waals surface area contributed by atoms with Crippen LogP contribution in [0.5, 0.6) is 0 Å². The fraction of sp³-hybridized carbons (Fsp3) is 0. The molecule has 0 rings (SSSR count). The molecule has 0 aliphatic carbocycles. The van der Waals surface area contributed by atoms with Crippen molar-refractivity contribution in [1.82, 2.24) is 0 Å². The molecule has 0 nitrogen and oxygen atoms in total. The summed E-state index contributed by atoms with van der Waals surface area (Å²) in [7, 11) is 3.11. The molecule has 5 heavy (non-hydrogen) atoms. The van der Waals surface area contributed by atoms with Crippen molar-refractivity contribution in [2.75, 3.05) is 0 Å². The second-order valence-corrected chi connectivity index (χ2v) is 0. The van der Waals surface area contributed by atoms with Crippen LogP contribution in [-0.2, 0) is 11.8 Å². The summed E-state index contributed by atoms with van der Waals surface area (Å²) >= 11 is 3.78. The maximum absolute atomic E-state index is 3.78. The summed E-state index contributed by atoms with van der Waals surface area (Å²) in [6, 6.07) is 0. The zero-order chi connectivity index (χ0) is 2.00. The molecular formula is InP2S2. The van der Waals surface area contributed by atoms with E-state index in [1.54, 1.807) is 0 Å². The van der Waals surface area contributed by atoms with Crippen LogP contribution < -0.4 is 0 Å². The van der Waals surface area contributed by atoms with E-state index in [1.807, 2.05) is 0 Å². The molecule has 0 atom stereocenters. The second-order valence-electron chi connectivity index (χ2n) is 0. The maximum atomic E-state index is 3.78. The van der Waals surface area contributed by atoms with E-state index in [1.165, 1.54) is 0 Å². The molecule has 0 aliphatic heterocycles. The van der Waals surface area contributed by atoms with Crippen molar-refractivity contribution in [2.45, 2.75) is 0 Å². The largest absolute Gasteiger partial charge is 0.0464 e. The van der Waals surface area contributed by atoms with Crippen LogP contribution in [0, 0.1) is 0 Å².